The first-order valence-electron chi connectivity index (χ1n) is 7.48. The molecule has 1 saturated heterocycles. The molecule has 5 nitrogen and oxygen atoms in total. The Morgan fingerprint density at radius 2 is 1.90 bits per heavy atom. The lowest BCUT2D eigenvalue weighted by molar-refractivity contribution is 0.249. The number of hydrogen-bond donors (Lipinski definition) is 1. The Hall–Kier alpha value is -1.36. The number of hydrogen-bond acceptors (Lipinski definition) is 5. The fraction of sp³-hybridized carbons (Fsp3) is 0.733. The van der Waals surface area contributed by atoms with Crippen molar-refractivity contribution < 1.29 is 0 Å². The second-order valence-electron chi connectivity index (χ2n) is 6.05. The maximum Gasteiger partial charge on any atom is 0.137 e. The summed E-state index contributed by atoms with van der Waals surface area (Å²) < 4.78 is 0. The van der Waals surface area contributed by atoms with Gasteiger partial charge in [-0.3, -0.25) is 0 Å². The summed E-state index contributed by atoms with van der Waals surface area (Å²) in [4.78, 5) is 13.7. The van der Waals surface area contributed by atoms with Gasteiger partial charge >= 0.3 is 0 Å². The molecule has 1 aliphatic rings. The summed E-state index contributed by atoms with van der Waals surface area (Å²) in [6.45, 7) is 6.55. The molecule has 2 rings (SSSR count). The van der Waals surface area contributed by atoms with E-state index in [4.69, 9.17) is 0 Å². The molecule has 0 unspecified atom stereocenters. The van der Waals surface area contributed by atoms with Gasteiger partial charge in [0.05, 0.1) is 0 Å². The summed E-state index contributed by atoms with van der Waals surface area (Å²) in [5.74, 6) is 2.48. The molecular weight excluding hydrogens is 250 g/mol. The topological polar surface area (TPSA) is 44.3 Å². The first-order valence-corrected chi connectivity index (χ1v) is 7.48. The van der Waals surface area contributed by atoms with Crippen LogP contribution in [-0.2, 0) is 0 Å². The maximum absolute atomic E-state index is 4.56. The molecule has 0 radical (unpaired) electrons. The van der Waals surface area contributed by atoms with Crippen molar-refractivity contribution in [2.45, 2.75) is 38.6 Å². The number of anilines is 2. The van der Waals surface area contributed by atoms with Gasteiger partial charge in [0.25, 0.3) is 0 Å². The Morgan fingerprint density at radius 1 is 1.25 bits per heavy atom. The molecule has 1 aromatic rings. The Kier molecular flexibility index (Phi) is 4.81. The zero-order valence-electron chi connectivity index (χ0n) is 13.3. The smallest absolute Gasteiger partial charge is 0.137 e. The normalized spacial score (nSPS) is 17.1. The largest absolute Gasteiger partial charge is 0.373 e. The van der Waals surface area contributed by atoms with Crippen molar-refractivity contribution >= 4 is 11.6 Å². The molecule has 1 N–H and O–H groups in total. The molecule has 1 fully saturated rings. The third-order valence-corrected chi connectivity index (χ3v) is 4.17. The van der Waals surface area contributed by atoms with Gasteiger partial charge in [0.15, 0.2) is 0 Å². The molecule has 0 aliphatic carbocycles. The third-order valence-electron chi connectivity index (χ3n) is 4.17. The Balaban J connectivity index is 2.21. The van der Waals surface area contributed by atoms with Gasteiger partial charge in [-0.15, -0.1) is 0 Å². The summed E-state index contributed by atoms with van der Waals surface area (Å²) in [7, 11) is 6.27. The molecule has 2 heterocycles. The van der Waals surface area contributed by atoms with E-state index in [0.29, 0.717) is 12.0 Å². The summed E-state index contributed by atoms with van der Waals surface area (Å²) in [5, 5.41) is 3.20. The first kappa shape index (κ1) is 15.0. The summed E-state index contributed by atoms with van der Waals surface area (Å²) in [5.41, 5.74) is 1.23. The predicted octanol–water partition coefficient (Wildman–Crippen LogP) is 2.17. The van der Waals surface area contributed by atoms with Crippen LogP contribution in [0.5, 0.6) is 0 Å². The van der Waals surface area contributed by atoms with Crippen LogP contribution in [0.3, 0.4) is 0 Å². The van der Waals surface area contributed by atoms with Gasteiger partial charge < -0.3 is 15.1 Å². The second-order valence-corrected chi connectivity index (χ2v) is 6.05. The Bertz CT molecular complexity index is 436. The minimum absolute atomic E-state index is 0.417. The lowest BCUT2D eigenvalue weighted by atomic mass is 10.0. The summed E-state index contributed by atoms with van der Waals surface area (Å²) in [6.07, 6.45) is 4.07. The van der Waals surface area contributed by atoms with Gasteiger partial charge in [0, 0.05) is 31.7 Å². The zero-order valence-corrected chi connectivity index (χ0v) is 13.3. The quantitative estimate of drug-likeness (QED) is 0.914. The molecule has 0 saturated carbocycles. The van der Waals surface area contributed by atoms with Gasteiger partial charge in [-0.05, 0) is 32.9 Å². The van der Waals surface area contributed by atoms with E-state index in [0.717, 1.165) is 24.7 Å². The average molecular weight is 277 g/mol. The van der Waals surface area contributed by atoms with E-state index < -0.39 is 0 Å². The van der Waals surface area contributed by atoms with Gasteiger partial charge in [-0.2, -0.15) is 0 Å². The van der Waals surface area contributed by atoms with Crippen LogP contribution in [0.4, 0.5) is 11.6 Å². The molecule has 20 heavy (non-hydrogen) atoms. The zero-order chi connectivity index (χ0) is 14.7. The van der Waals surface area contributed by atoms with E-state index in [-0.39, 0.29) is 0 Å². The van der Waals surface area contributed by atoms with E-state index in [2.05, 4.69) is 53.0 Å². The van der Waals surface area contributed by atoms with Crippen LogP contribution in [-0.4, -0.2) is 55.1 Å². The lowest BCUT2D eigenvalue weighted by Crippen LogP contribution is -2.42. The van der Waals surface area contributed by atoms with E-state index in [9.17, 15) is 0 Å². The van der Waals surface area contributed by atoms with Gasteiger partial charge in [-0.1, -0.05) is 13.8 Å². The van der Waals surface area contributed by atoms with E-state index in [1.807, 2.05) is 7.05 Å². The fourth-order valence-electron chi connectivity index (χ4n) is 2.96. The summed E-state index contributed by atoms with van der Waals surface area (Å²) in [6, 6.07) is 0.694. The molecule has 0 spiro atoms. The minimum atomic E-state index is 0.417. The first-order chi connectivity index (χ1) is 9.54. The molecule has 112 valence electrons. The van der Waals surface area contributed by atoms with Crippen LogP contribution in [0.15, 0.2) is 6.33 Å². The van der Waals surface area contributed by atoms with Crippen molar-refractivity contribution in [3.63, 3.8) is 0 Å². The maximum atomic E-state index is 4.56. The van der Waals surface area contributed by atoms with Gasteiger partial charge in [0.1, 0.15) is 18.0 Å². The van der Waals surface area contributed by atoms with Crippen LogP contribution >= 0.6 is 0 Å². The Morgan fingerprint density at radius 3 is 2.40 bits per heavy atom. The van der Waals surface area contributed by atoms with E-state index >= 15 is 0 Å². The molecule has 1 aliphatic heterocycles. The average Bonchev–Trinajstić information content (AvgIpc) is 2.46. The fourth-order valence-corrected chi connectivity index (χ4v) is 2.96. The molecule has 5 heteroatoms. The number of rotatable bonds is 4. The molecule has 0 amide bonds. The van der Waals surface area contributed by atoms with Crippen molar-refractivity contribution in [1.29, 1.82) is 0 Å². The molecule has 1 aromatic heterocycles. The molecule has 0 atom stereocenters. The highest BCUT2D eigenvalue weighted by atomic mass is 15.2. The number of aromatic nitrogens is 2. The number of nitrogens with zero attached hydrogens (tertiary/aromatic N) is 4. The highest BCUT2D eigenvalue weighted by Crippen LogP contribution is 2.32. The highest BCUT2D eigenvalue weighted by molar-refractivity contribution is 5.60. The standard InChI is InChI=1S/C15H27N5/c1-11(2)13-14(16-3)17-10-18-15(13)20-8-6-12(7-9-20)19(4)5/h10-12H,6-9H2,1-5H3,(H,16,17,18). The van der Waals surface area contributed by atoms with Crippen molar-refractivity contribution in [2.75, 3.05) is 44.4 Å². The highest BCUT2D eigenvalue weighted by Gasteiger charge is 2.25. The number of nitrogens with one attached hydrogen (secondary N) is 1. The SMILES string of the molecule is CNc1ncnc(N2CCC(N(C)C)CC2)c1C(C)C. The van der Waals surface area contributed by atoms with E-state index in [1.165, 1.54) is 18.4 Å². The van der Waals surface area contributed by atoms with Crippen molar-refractivity contribution in [3.8, 4) is 0 Å². The minimum Gasteiger partial charge on any atom is -0.373 e. The number of piperidine rings is 1. The monoisotopic (exact) mass is 277 g/mol. The van der Waals surface area contributed by atoms with Gasteiger partial charge in [-0.25, -0.2) is 9.97 Å². The van der Waals surface area contributed by atoms with E-state index in [1.54, 1.807) is 6.33 Å². The molecule has 0 aromatic carbocycles. The van der Waals surface area contributed by atoms with Gasteiger partial charge in [0.2, 0.25) is 0 Å². The molecule has 0 bridgehead atoms. The van der Waals surface area contributed by atoms with Crippen molar-refractivity contribution in [3.05, 3.63) is 11.9 Å². The van der Waals surface area contributed by atoms with Crippen LogP contribution in [0.1, 0.15) is 38.2 Å². The Labute approximate surface area is 122 Å². The second kappa shape index (κ2) is 6.39. The predicted molar refractivity (Wildman–Crippen MR) is 84.6 cm³/mol. The van der Waals surface area contributed by atoms with Crippen LogP contribution in [0, 0.1) is 0 Å². The molecular formula is C15H27N5. The van der Waals surface area contributed by atoms with Crippen LogP contribution in [0.25, 0.3) is 0 Å². The summed E-state index contributed by atoms with van der Waals surface area (Å²) >= 11 is 0. The van der Waals surface area contributed by atoms with Crippen LogP contribution < -0.4 is 10.2 Å². The van der Waals surface area contributed by atoms with Crippen molar-refractivity contribution in [2.24, 2.45) is 0 Å². The van der Waals surface area contributed by atoms with Crippen molar-refractivity contribution in [1.82, 2.24) is 14.9 Å². The van der Waals surface area contributed by atoms with Crippen LogP contribution in [0.2, 0.25) is 0 Å². The lowest BCUT2D eigenvalue weighted by Gasteiger charge is -2.37. The third kappa shape index (κ3) is 3.03.